The molecule has 1 aliphatic rings. The molecule has 3 aromatic rings. The Morgan fingerprint density at radius 2 is 1.97 bits per heavy atom. The summed E-state index contributed by atoms with van der Waals surface area (Å²) in [4.78, 5) is 35.9. The minimum Gasteiger partial charge on any atom is -0.475 e. The largest absolute Gasteiger partial charge is 0.475 e. The number of aromatic nitrogens is 4. The summed E-state index contributed by atoms with van der Waals surface area (Å²) in [5.41, 5.74) is 2.09. The molecule has 4 heterocycles. The number of imidazole rings is 1. The molecule has 1 aliphatic heterocycles. The Morgan fingerprint density at radius 1 is 1.20 bits per heavy atom. The maximum Gasteiger partial charge on any atom is 0.330 e. The van der Waals surface area contributed by atoms with Crippen molar-refractivity contribution in [1.29, 1.82) is 0 Å². The number of carbonyl (C=O) groups is 1. The number of piperidine rings is 1. The monoisotopic (exact) mass is 409 g/mol. The lowest BCUT2D eigenvalue weighted by Crippen LogP contribution is -2.40. The quantitative estimate of drug-likeness (QED) is 0.647. The number of nitrogens with zero attached hydrogens (tertiary/aromatic N) is 5. The number of carbonyl (C=O) groups excluding carboxylic acids is 1. The Morgan fingerprint density at radius 3 is 2.63 bits per heavy atom. The molecule has 8 heteroatoms. The van der Waals surface area contributed by atoms with Crippen LogP contribution in [0.5, 0.6) is 5.88 Å². The zero-order valence-electron chi connectivity index (χ0n) is 17.6. The first-order valence-corrected chi connectivity index (χ1v) is 10.4. The van der Waals surface area contributed by atoms with E-state index in [0.29, 0.717) is 37.0 Å². The highest BCUT2D eigenvalue weighted by molar-refractivity contribution is 5.94. The molecule has 3 aromatic heterocycles. The van der Waals surface area contributed by atoms with Crippen LogP contribution in [0.2, 0.25) is 0 Å². The van der Waals surface area contributed by atoms with Crippen molar-refractivity contribution in [2.75, 3.05) is 13.1 Å². The lowest BCUT2D eigenvalue weighted by molar-refractivity contribution is 0.0682. The molecule has 0 spiro atoms. The van der Waals surface area contributed by atoms with Gasteiger partial charge in [-0.2, -0.15) is 0 Å². The molecule has 0 radical (unpaired) electrons. The third kappa shape index (κ3) is 3.94. The molecule has 30 heavy (non-hydrogen) atoms. The Bertz CT molecular complexity index is 1090. The lowest BCUT2D eigenvalue weighted by atomic mass is 9.96. The minimum absolute atomic E-state index is 0.0129. The molecule has 1 fully saturated rings. The van der Waals surface area contributed by atoms with E-state index in [4.69, 9.17) is 4.74 Å². The number of fused-ring (bicyclic) bond motifs is 1. The molecule has 158 valence electrons. The van der Waals surface area contributed by atoms with E-state index in [1.54, 1.807) is 40.7 Å². The second kappa shape index (κ2) is 8.30. The van der Waals surface area contributed by atoms with Gasteiger partial charge in [-0.15, -0.1) is 0 Å². The van der Waals surface area contributed by atoms with Gasteiger partial charge in [0.25, 0.3) is 5.91 Å². The predicted octanol–water partition coefficient (Wildman–Crippen LogP) is 2.47. The third-order valence-electron chi connectivity index (χ3n) is 5.58. The van der Waals surface area contributed by atoms with Crippen LogP contribution in [-0.4, -0.2) is 49.1 Å². The van der Waals surface area contributed by atoms with Crippen LogP contribution >= 0.6 is 0 Å². The molecule has 0 atom stereocenters. The van der Waals surface area contributed by atoms with Gasteiger partial charge in [0.15, 0.2) is 5.65 Å². The number of pyridine rings is 2. The van der Waals surface area contributed by atoms with Crippen LogP contribution in [0.3, 0.4) is 0 Å². The topological polar surface area (TPSA) is 82.2 Å². The molecular weight excluding hydrogens is 382 g/mol. The van der Waals surface area contributed by atoms with Gasteiger partial charge >= 0.3 is 5.69 Å². The molecule has 4 rings (SSSR count). The molecule has 8 nitrogen and oxygen atoms in total. The van der Waals surface area contributed by atoms with Crippen molar-refractivity contribution < 1.29 is 9.53 Å². The fourth-order valence-electron chi connectivity index (χ4n) is 3.97. The highest BCUT2D eigenvalue weighted by Gasteiger charge is 2.25. The molecule has 0 aliphatic carbocycles. The molecule has 0 saturated carbocycles. The molecular formula is C22H27N5O3. The van der Waals surface area contributed by atoms with E-state index in [9.17, 15) is 9.59 Å². The molecule has 0 N–H and O–H groups in total. The first-order valence-electron chi connectivity index (χ1n) is 10.4. The van der Waals surface area contributed by atoms with Crippen molar-refractivity contribution in [2.24, 2.45) is 13.0 Å². The zero-order valence-corrected chi connectivity index (χ0v) is 17.6. The van der Waals surface area contributed by atoms with E-state index in [2.05, 4.69) is 9.97 Å². The van der Waals surface area contributed by atoms with Gasteiger partial charge in [-0.1, -0.05) is 0 Å². The summed E-state index contributed by atoms with van der Waals surface area (Å²) in [6, 6.07) is 7.25. The first kappa shape index (κ1) is 20.1. The average molecular weight is 409 g/mol. The normalized spacial score (nSPS) is 15.1. The highest BCUT2D eigenvalue weighted by Crippen LogP contribution is 2.22. The Labute approximate surface area is 175 Å². The molecule has 0 unspecified atom stereocenters. The number of aryl methyl sites for hydroxylation is 1. The van der Waals surface area contributed by atoms with Crippen molar-refractivity contribution in [3.8, 4) is 5.88 Å². The van der Waals surface area contributed by atoms with Crippen molar-refractivity contribution >= 4 is 17.1 Å². The van der Waals surface area contributed by atoms with Crippen molar-refractivity contribution in [1.82, 2.24) is 24.0 Å². The predicted molar refractivity (Wildman–Crippen MR) is 114 cm³/mol. The summed E-state index contributed by atoms with van der Waals surface area (Å²) in [5.74, 6) is 0.842. The maximum absolute atomic E-state index is 12.8. The van der Waals surface area contributed by atoms with Crippen LogP contribution in [0.15, 0.2) is 41.5 Å². The molecule has 0 bridgehead atoms. The number of hydrogen-bond donors (Lipinski definition) is 0. The van der Waals surface area contributed by atoms with Crippen LogP contribution in [0.25, 0.3) is 11.2 Å². The number of ether oxygens (including phenoxy) is 1. The van der Waals surface area contributed by atoms with Crippen molar-refractivity contribution in [3.05, 3.63) is 52.7 Å². The van der Waals surface area contributed by atoms with Gasteiger partial charge in [0.05, 0.1) is 17.2 Å². The lowest BCUT2D eigenvalue weighted by Gasteiger charge is -2.32. The van der Waals surface area contributed by atoms with Crippen LogP contribution in [0, 0.1) is 5.92 Å². The summed E-state index contributed by atoms with van der Waals surface area (Å²) >= 11 is 0. The summed E-state index contributed by atoms with van der Waals surface area (Å²) in [6.07, 6.45) is 5.04. The number of rotatable bonds is 5. The summed E-state index contributed by atoms with van der Waals surface area (Å²) < 4.78 is 8.93. The zero-order chi connectivity index (χ0) is 21.3. The van der Waals surface area contributed by atoms with Crippen LogP contribution in [-0.2, 0) is 13.6 Å². The number of hydrogen-bond acceptors (Lipinski definition) is 5. The Hall–Kier alpha value is -3.16. The first-order chi connectivity index (χ1) is 14.4. The van der Waals surface area contributed by atoms with Crippen molar-refractivity contribution in [3.63, 3.8) is 0 Å². The van der Waals surface area contributed by atoms with Gasteiger partial charge in [0.1, 0.15) is 0 Å². The van der Waals surface area contributed by atoms with Crippen molar-refractivity contribution in [2.45, 2.75) is 39.3 Å². The fourth-order valence-corrected chi connectivity index (χ4v) is 3.97. The van der Waals surface area contributed by atoms with Gasteiger partial charge in [-0.25, -0.2) is 14.8 Å². The van der Waals surface area contributed by atoms with E-state index in [0.717, 1.165) is 24.0 Å². The molecule has 1 amide bonds. The second-order valence-corrected chi connectivity index (χ2v) is 8.09. The molecule has 0 aromatic carbocycles. The smallest absolute Gasteiger partial charge is 0.330 e. The van der Waals surface area contributed by atoms with E-state index >= 15 is 0 Å². The van der Waals surface area contributed by atoms with E-state index in [1.165, 1.54) is 0 Å². The number of amides is 1. The van der Waals surface area contributed by atoms with Gasteiger partial charge in [0, 0.05) is 45.1 Å². The Balaban J connectivity index is 1.39. The second-order valence-electron chi connectivity index (χ2n) is 8.09. The minimum atomic E-state index is -0.0445. The number of likely N-dealkylation sites (tertiary alicyclic amines) is 1. The van der Waals surface area contributed by atoms with E-state index < -0.39 is 0 Å². The van der Waals surface area contributed by atoms with Gasteiger partial charge in [0.2, 0.25) is 5.88 Å². The fraction of sp³-hybridized carbons (Fsp3) is 0.455. The van der Waals surface area contributed by atoms with Crippen LogP contribution < -0.4 is 10.4 Å². The SMILES string of the molecule is CC(C)Oc1ccc(C(=O)N2CCC(Cn3c(=O)n(C)c4cccnc43)CC2)cn1. The van der Waals surface area contributed by atoms with Crippen LogP contribution in [0.1, 0.15) is 37.0 Å². The Kier molecular flexibility index (Phi) is 5.57. The average Bonchev–Trinajstić information content (AvgIpc) is 2.99. The summed E-state index contributed by atoms with van der Waals surface area (Å²) in [7, 11) is 1.77. The van der Waals surface area contributed by atoms with E-state index in [-0.39, 0.29) is 17.7 Å². The van der Waals surface area contributed by atoms with Gasteiger partial charge in [-0.3, -0.25) is 13.9 Å². The van der Waals surface area contributed by atoms with Crippen LogP contribution in [0.4, 0.5) is 0 Å². The summed E-state index contributed by atoms with van der Waals surface area (Å²) in [6.45, 7) is 5.83. The summed E-state index contributed by atoms with van der Waals surface area (Å²) in [5, 5.41) is 0. The standard InChI is InChI=1S/C22H27N5O3/c1-15(2)30-19-7-6-17(13-24-19)21(28)26-11-8-16(9-12-26)14-27-20-18(5-4-10-23-20)25(3)22(27)29/h4-7,10,13,15-16H,8-9,11-12,14H2,1-3H3. The van der Waals surface area contributed by atoms with Gasteiger partial charge < -0.3 is 9.64 Å². The maximum atomic E-state index is 12.8. The third-order valence-corrected chi connectivity index (χ3v) is 5.58. The van der Waals surface area contributed by atoms with E-state index in [1.807, 2.05) is 30.9 Å². The highest BCUT2D eigenvalue weighted by atomic mass is 16.5. The molecule has 1 saturated heterocycles. The van der Waals surface area contributed by atoms with Gasteiger partial charge in [-0.05, 0) is 50.8 Å².